The fraction of sp³-hybridized carbons (Fsp3) is 0.174. The Morgan fingerprint density at radius 1 is 0.966 bits per heavy atom. The molecule has 0 saturated carbocycles. The van der Waals surface area contributed by atoms with E-state index in [2.05, 4.69) is 0 Å². The second kappa shape index (κ2) is 8.09. The molecular formula is C23H23NO4S. The molecule has 0 aliphatic heterocycles. The number of hydrogen-bond donors (Lipinski definition) is 0. The van der Waals surface area contributed by atoms with Gasteiger partial charge in [-0.15, -0.1) is 0 Å². The second-order valence-electron chi connectivity index (χ2n) is 7.54. The zero-order chi connectivity index (χ0) is 21.1. The topological polar surface area (TPSA) is 65.4 Å². The molecule has 5 nitrogen and oxygen atoms in total. The number of carbonyl (C=O) groups is 1. The van der Waals surface area contributed by atoms with Gasteiger partial charge in [-0.3, -0.25) is 0 Å². The zero-order valence-corrected chi connectivity index (χ0v) is 17.4. The molecule has 0 fully saturated rings. The predicted molar refractivity (Wildman–Crippen MR) is 114 cm³/mol. The van der Waals surface area contributed by atoms with Gasteiger partial charge in [0.15, 0.2) is 0 Å². The number of carbonyl (C=O) groups excluding carboxylic acids is 1. The highest BCUT2D eigenvalue weighted by Gasteiger charge is 2.18. The van der Waals surface area contributed by atoms with E-state index >= 15 is 0 Å². The molecule has 0 amide bonds. The maximum atomic E-state index is 13.0. The molecule has 0 aliphatic rings. The van der Waals surface area contributed by atoms with Crippen molar-refractivity contribution in [3.63, 3.8) is 0 Å². The Bertz CT molecular complexity index is 1140. The Morgan fingerprint density at radius 2 is 1.66 bits per heavy atom. The van der Waals surface area contributed by atoms with Crippen LogP contribution < -0.4 is 0 Å². The highest BCUT2D eigenvalue weighted by molar-refractivity contribution is 7.90. The van der Waals surface area contributed by atoms with E-state index in [-0.39, 0.29) is 4.90 Å². The maximum absolute atomic E-state index is 13.0. The number of aromatic nitrogens is 1. The molecule has 0 radical (unpaired) electrons. The smallest absolute Gasteiger partial charge is 0.331 e. The first-order valence-corrected chi connectivity index (χ1v) is 10.6. The molecule has 1 heterocycles. The van der Waals surface area contributed by atoms with Gasteiger partial charge in [-0.2, -0.15) is 0 Å². The minimum absolute atomic E-state index is 0.192. The van der Waals surface area contributed by atoms with Crippen molar-refractivity contribution < 1.29 is 17.9 Å². The molecule has 6 heteroatoms. The van der Waals surface area contributed by atoms with Gasteiger partial charge < -0.3 is 4.74 Å². The number of ether oxygens (including phenoxy) is 1. The van der Waals surface area contributed by atoms with Crippen LogP contribution in [0, 0.1) is 0 Å². The number of rotatable bonds is 5. The molecule has 1 aromatic heterocycles. The molecule has 0 spiro atoms. The van der Waals surface area contributed by atoms with Crippen LogP contribution in [0.15, 0.2) is 84.0 Å². The second-order valence-corrected chi connectivity index (χ2v) is 9.38. The van der Waals surface area contributed by atoms with Gasteiger partial charge in [0, 0.05) is 18.5 Å². The molecule has 0 bridgehead atoms. The van der Waals surface area contributed by atoms with Crippen molar-refractivity contribution >= 4 is 22.1 Å². The molecule has 3 rings (SSSR count). The molecule has 2 aromatic carbocycles. The first-order chi connectivity index (χ1) is 13.6. The van der Waals surface area contributed by atoms with Gasteiger partial charge in [0.05, 0.1) is 4.90 Å². The molecule has 0 unspecified atom stereocenters. The van der Waals surface area contributed by atoms with Crippen LogP contribution in [0.4, 0.5) is 0 Å². The molecule has 150 valence electrons. The largest absolute Gasteiger partial charge is 0.457 e. The Hall–Kier alpha value is -3.12. The normalized spacial score (nSPS) is 12.2. The summed E-state index contributed by atoms with van der Waals surface area (Å²) >= 11 is 0. The van der Waals surface area contributed by atoms with Crippen molar-refractivity contribution in [3.8, 4) is 11.1 Å². The molecule has 0 saturated heterocycles. The van der Waals surface area contributed by atoms with Crippen LogP contribution in [0.3, 0.4) is 0 Å². The third kappa shape index (κ3) is 5.23. The predicted octanol–water partition coefficient (Wildman–Crippen LogP) is 4.75. The summed E-state index contributed by atoms with van der Waals surface area (Å²) in [6, 6.07) is 18.0. The lowest BCUT2D eigenvalue weighted by molar-refractivity contribution is -0.148. The van der Waals surface area contributed by atoms with E-state index in [1.807, 2.05) is 36.4 Å². The van der Waals surface area contributed by atoms with Gasteiger partial charge in [-0.25, -0.2) is 17.2 Å². The average Bonchev–Trinajstić information content (AvgIpc) is 3.16. The highest BCUT2D eigenvalue weighted by atomic mass is 32.2. The van der Waals surface area contributed by atoms with E-state index in [4.69, 9.17) is 4.74 Å². The summed E-state index contributed by atoms with van der Waals surface area (Å²) in [6.07, 6.45) is 5.73. The molecular weight excluding hydrogens is 386 g/mol. The highest BCUT2D eigenvalue weighted by Crippen LogP contribution is 2.24. The van der Waals surface area contributed by atoms with E-state index in [0.717, 1.165) is 15.1 Å². The van der Waals surface area contributed by atoms with Gasteiger partial charge in [0.2, 0.25) is 0 Å². The van der Waals surface area contributed by atoms with E-state index < -0.39 is 21.6 Å². The van der Waals surface area contributed by atoms with Crippen molar-refractivity contribution in [2.45, 2.75) is 31.3 Å². The molecule has 0 atom stereocenters. The average molecular weight is 410 g/mol. The Morgan fingerprint density at radius 3 is 2.34 bits per heavy atom. The molecule has 29 heavy (non-hydrogen) atoms. The summed E-state index contributed by atoms with van der Waals surface area (Å²) in [6.45, 7) is 5.35. The van der Waals surface area contributed by atoms with E-state index in [1.165, 1.54) is 24.5 Å². The van der Waals surface area contributed by atoms with Gasteiger partial charge in [-0.1, -0.05) is 42.5 Å². The van der Waals surface area contributed by atoms with Gasteiger partial charge in [-0.05, 0) is 61.7 Å². The Kier molecular flexibility index (Phi) is 5.75. The summed E-state index contributed by atoms with van der Waals surface area (Å²) < 4.78 is 32.4. The number of hydrogen-bond acceptors (Lipinski definition) is 4. The van der Waals surface area contributed by atoms with E-state index in [9.17, 15) is 13.2 Å². The third-order valence-electron chi connectivity index (χ3n) is 4.03. The lowest BCUT2D eigenvalue weighted by Gasteiger charge is -2.17. The first kappa shape index (κ1) is 20.6. The van der Waals surface area contributed by atoms with Crippen molar-refractivity contribution in [3.05, 3.63) is 84.7 Å². The minimum atomic E-state index is -3.75. The monoisotopic (exact) mass is 409 g/mol. The summed E-state index contributed by atoms with van der Waals surface area (Å²) in [7, 11) is -3.75. The third-order valence-corrected chi connectivity index (χ3v) is 5.66. The van der Waals surface area contributed by atoms with Crippen molar-refractivity contribution in [1.29, 1.82) is 0 Å². The SMILES string of the molecule is CC(C)(C)OC(=O)/C=C/c1ccn(S(=O)(=O)c2cccc(-c3ccccc3)c2)c1. The van der Waals surface area contributed by atoms with Gasteiger partial charge >= 0.3 is 5.97 Å². The first-order valence-electron chi connectivity index (χ1n) is 9.15. The molecule has 3 aromatic rings. The van der Waals surface area contributed by atoms with Crippen LogP contribution in [0.2, 0.25) is 0 Å². The van der Waals surface area contributed by atoms with E-state index in [0.29, 0.717) is 5.56 Å². The van der Waals surface area contributed by atoms with Crippen LogP contribution in [0.5, 0.6) is 0 Å². The number of nitrogens with zero attached hydrogens (tertiary/aromatic N) is 1. The maximum Gasteiger partial charge on any atom is 0.331 e. The van der Waals surface area contributed by atoms with Crippen LogP contribution >= 0.6 is 0 Å². The summed E-state index contributed by atoms with van der Waals surface area (Å²) in [5.41, 5.74) is 1.76. The van der Waals surface area contributed by atoms with Gasteiger partial charge in [0.25, 0.3) is 10.0 Å². The van der Waals surface area contributed by atoms with Crippen molar-refractivity contribution in [2.24, 2.45) is 0 Å². The molecule has 0 aliphatic carbocycles. The number of benzene rings is 2. The van der Waals surface area contributed by atoms with Crippen LogP contribution in [-0.4, -0.2) is 24.0 Å². The Labute approximate surface area is 171 Å². The lowest BCUT2D eigenvalue weighted by atomic mass is 10.1. The summed E-state index contributed by atoms with van der Waals surface area (Å²) in [5.74, 6) is -0.483. The van der Waals surface area contributed by atoms with Crippen LogP contribution in [0.1, 0.15) is 26.3 Å². The molecule has 0 N–H and O–H groups in total. The van der Waals surface area contributed by atoms with Crippen LogP contribution in [0.25, 0.3) is 17.2 Å². The van der Waals surface area contributed by atoms with E-state index in [1.54, 1.807) is 45.0 Å². The van der Waals surface area contributed by atoms with Crippen molar-refractivity contribution in [2.75, 3.05) is 0 Å². The quantitative estimate of drug-likeness (QED) is 0.451. The number of esters is 1. The summed E-state index contributed by atoms with van der Waals surface area (Å²) in [5, 5.41) is 0. The lowest BCUT2D eigenvalue weighted by Crippen LogP contribution is -2.22. The van der Waals surface area contributed by atoms with Crippen molar-refractivity contribution in [1.82, 2.24) is 3.97 Å². The standard InChI is InChI=1S/C23H23NO4S/c1-23(2,3)28-22(25)13-12-18-14-15-24(17-18)29(26,27)21-11-7-10-20(16-21)19-8-5-4-6-9-19/h4-17H,1-3H3/b13-12+. The van der Waals surface area contributed by atoms with Gasteiger partial charge in [0.1, 0.15) is 5.60 Å². The Balaban J connectivity index is 1.84. The fourth-order valence-electron chi connectivity index (χ4n) is 2.73. The minimum Gasteiger partial charge on any atom is -0.457 e. The van der Waals surface area contributed by atoms with Crippen LogP contribution in [-0.2, 0) is 19.6 Å². The zero-order valence-electron chi connectivity index (χ0n) is 16.6. The summed E-state index contributed by atoms with van der Waals surface area (Å²) in [4.78, 5) is 12.0. The fourth-order valence-corrected chi connectivity index (χ4v) is 3.98.